The Bertz CT molecular complexity index is 492. The molecule has 5 nitrogen and oxygen atoms in total. The Hall–Kier alpha value is -0.810. The van der Waals surface area contributed by atoms with Gasteiger partial charge in [-0.1, -0.05) is 33.1 Å². The van der Waals surface area contributed by atoms with Crippen molar-refractivity contribution in [3.8, 4) is 0 Å². The number of nitrogens with one attached hydrogen (secondary N) is 2. The smallest absolute Gasteiger partial charge is 0.191 e. The van der Waals surface area contributed by atoms with Crippen LogP contribution in [0.25, 0.3) is 0 Å². The molecule has 0 aromatic carbocycles. The molecule has 2 atom stereocenters. The number of methoxy groups -OCH3 is 1. The third kappa shape index (κ3) is 3.89. The molecular weight excluding hydrogens is 324 g/mol. The minimum Gasteiger partial charge on any atom is -0.378 e. The predicted octanol–water partition coefficient (Wildman–Crippen LogP) is 3.15. The van der Waals surface area contributed by atoms with Crippen molar-refractivity contribution in [3.05, 3.63) is 0 Å². The molecule has 2 N–H and O–H groups in total. The molecule has 3 aliphatic rings. The largest absolute Gasteiger partial charge is 0.378 e. The Morgan fingerprint density at radius 2 is 1.65 bits per heavy atom. The van der Waals surface area contributed by atoms with Crippen LogP contribution in [-0.2, 0) is 4.74 Å². The van der Waals surface area contributed by atoms with E-state index in [4.69, 9.17) is 4.74 Å². The second-order valence-electron chi connectivity index (χ2n) is 9.38. The van der Waals surface area contributed by atoms with Crippen molar-refractivity contribution in [2.75, 3.05) is 27.2 Å². The summed E-state index contributed by atoms with van der Waals surface area (Å²) in [6, 6.07) is 1.80. The summed E-state index contributed by atoms with van der Waals surface area (Å²) >= 11 is 0. The number of rotatable bonds is 4. The molecule has 0 radical (unpaired) electrons. The number of guanidine groups is 1. The van der Waals surface area contributed by atoms with E-state index in [0.29, 0.717) is 12.1 Å². The number of nitrogens with zero attached hydrogens (tertiary/aromatic N) is 2. The van der Waals surface area contributed by atoms with Gasteiger partial charge in [-0.3, -0.25) is 4.99 Å². The fourth-order valence-corrected chi connectivity index (χ4v) is 5.11. The van der Waals surface area contributed by atoms with Crippen molar-refractivity contribution in [1.29, 1.82) is 0 Å². The quantitative estimate of drug-likeness (QED) is 0.594. The minimum atomic E-state index is -0.0468. The molecule has 2 unspecified atom stereocenters. The molecular formula is C21H40N4O. The summed E-state index contributed by atoms with van der Waals surface area (Å²) in [5.41, 5.74) is 0.0541. The van der Waals surface area contributed by atoms with Gasteiger partial charge in [0.15, 0.2) is 5.96 Å². The average Bonchev–Trinajstić information content (AvgIpc) is 2.67. The van der Waals surface area contributed by atoms with E-state index in [0.717, 1.165) is 18.4 Å². The van der Waals surface area contributed by atoms with Crippen LogP contribution in [0.5, 0.6) is 0 Å². The summed E-state index contributed by atoms with van der Waals surface area (Å²) in [5, 5.41) is 7.33. The number of hydrogen-bond donors (Lipinski definition) is 2. The second-order valence-corrected chi connectivity index (χ2v) is 9.38. The third-order valence-corrected chi connectivity index (χ3v) is 7.77. The molecule has 2 aliphatic carbocycles. The summed E-state index contributed by atoms with van der Waals surface area (Å²) in [6.07, 6.45) is 10.6. The molecule has 5 heteroatoms. The first-order valence-electron chi connectivity index (χ1n) is 10.7. The molecule has 1 heterocycles. The summed E-state index contributed by atoms with van der Waals surface area (Å²) < 4.78 is 5.75. The van der Waals surface area contributed by atoms with Crippen LogP contribution < -0.4 is 10.6 Å². The van der Waals surface area contributed by atoms with Crippen LogP contribution in [0.1, 0.15) is 72.1 Å². The van der Waals surface area contributed by atoms with Gasteiger partial charge in [0.25, 0.3) is 0 Å². The van der Waals surface area contributed by atoms with Gasteiger partial charge in [0.1, 0.15) is 0 Å². The maximum atomic E-state index is 5.75. The zero-order valence-electron chi connectivity index (χ0n) is 17.6. The lowest BCUT2D eigenvalue weighted by atomic mass is 9.56. The first-order valence-corrected chi connectivity index (χ1v) is 10.7. The number of ether oxygens (including phenoxy) is 1. The van der Waals surface area contributed by atoms with Gasteiger partial charge in [-0.05, 0) is 39.0 Å². The van der Waals surface area contributed by atoms with Gasteiger partial charge in [-0.25, -0.2) is 0 Å². The first-order chi connectivity index (χ1) is 12.4. The lowest BCUT2D eigenvalue weighted by Gasteiger charge is -2.59. The van der Waals surface area contributed by atoms with Crippen LogP contribution in [0.15, 0.2) is 4.99 Å². The van der Waals surface area contributed by atoms with Crippen molar-refractivity contribution < 1.29 is 4.74 Å². The lowest BCUT2D eigenvalue weighted by Crippen LogP contribution is -2.69. The van der Waals surface area contributed by atoms with Crippen LogP contribution >= 0.6 is 0 Å². The standard InChI is InChI=1S/C21H40N4O/c1-20(2)18(15-21(20,3)26-5)24-19(22-4)23-16-11-13-25(14-12-16)17-9-7-6-8-10-17/h16-18H,6-15H2,1-5H3,(H2,22,23,24). The summed E-state index contributed by atoms with van der Waals surface area (Å²) in [7, 11) is 3.71. The van der Waals surface area contributed by atoms with E-state index in [2.05, 4.69) is 41.3 Å². The minimum absolute atomic E-state index is 0.0468. The Morgan fingerprint density at radius 3 is 2.19 bits per heavy atom. The normalized spacial score (nSPS) is 34.3. The molecule has 0 aromatic heterocycles. The predicted molar refractivity (Wildman–Crippen MR) is 109 cm³/mol. The van der Waals surface area contributed by atoms with E-state index in [1.165, 1.54) is 58.0 Å². The molecule has 0 amide bonds. The summed E-state index contributed by atoms with van der Waals surface area (Å²) in [6.45, 7) is 9.25. The van der Waals surface area contributed by atoms with Gasteiger partial charge in [-0.2, -0.15) is 0 Å². The third-order valence-electron chi connectivity index (χ3n) is 7.77. The number of hydrogen-bond acceptors (Lipinski definition) is 3. The Morgan fingerprint density at radius 1 is 1.00 bits per heavy atom. The maximum absolute atomic E-state index is 5.75. The van der Waals surface area contributed by atoms with Gasteiger partial charge in [0, 0.05) is 50.8 Å². The number of likely N-dealkylation sites (tertiary alicyclic amines) is 1. The molecule has 1 aliphatic heterocycles. The van der Waals surface area contributed by atoms with Gasteiger partial charge in [0.05, 0.1) is 5.60 Å². The van der Waals surface area contributed by atoms with Crippen molar-refractivity contribution >= 4 is 5.96 Å². The van der Waals surface area contributed by atoms with Gasteiger partial charge in [-0.15, -0.1) is 0 Å². The highest BCUT2D eigenvalue weighted by molar-refractivity contribution is 5.80. The van der Waals surface area contributed by atoms with Gasteiger partial charge < -0.3 is 20.3 Å². The fourth-order valence-electron chi connectivity index (χ4n) is 5.11. The van der Waals surface area contributed by atoms with E-state index < -0.39 is 0 Å². The van der Waals surface area contributed by atoms with Crippen molar-refractivity contribution in [2.24, 2.45) is 10.4 Å². The SMILES string of the molecule is CN=C(NC1CCN(C2CCCCC2)CC1)NC1CC(C)(OC)C1(C)C. The molecule has 1 saturated heterocycles. The first kappa shape index (κ1) is 19.9. The summed E-state index contributed by atoms with van der Waals surface area (Å²) in [5.74, 6) is 0.956. The van der Waals surface area contributed by atoms with E-state index in [9.17, 15) is 0 Å². The number of piperidine rings is 1. The van der Waals surface area contributed by atoms with Gasteiger partial charge >= 0.3 is 0 Å². The van der Waals surface area contributed by atoms with E-state index in [-0.39, 0.29) is 11.0 Å². The topological polar surface area (TPSA) is 48.9 Å². The van der Waals surface area contributed by atoms with E-state index in [1.807, 2.05) is 14.2 Å². The molecule has 3 rings (SSSR count). The Labute approximate surface area is 160 Å². The molecule has 3 fully saturated rings. The fraction of sp³-hybridized carbons (Fsp3) is 0.952. The van der Waals surface area contributed by atoms with Crippen LogP contribution in [-0.4, -0.2) is 61.8 Å². The highest BCUT2D eigenvalue weighted by atomic mass is 16.5. The zero-order chi connectivity index (χ0) is 18.8. The van der Waals surface area contributed by atoms with Crippen molar-refractivity contribution in [1.82, 2.24) is 15.5 Å². The highest BCUT2D eigenvalue weighted by Crippen LogP contribution is 2.51. The van der Waals surface area contributed by atoms with Crippen LogP contribution in [0.3, 0.4) is 0 Å². The molecule has 26 heavy (non-hydrogen) atoms. The highest BCUT2D eigenvalue weighted by Gasteiger charge is 2.58. The average molecular weight is 365 g/mol. The Balaban J connectivity index is 1.45. The van der Waals surface area contributed by atoms with Crippen molar-refractivity contribution in [3.63, 3.8) is 0 Å². The monoisotopic (exact) mass is 364 g/mol. The van der Waals surface area contributed by atoms with E-state index >= 15 is 0 Å². The van der Waals surface area contributed by atoms with E-state index in [1.54, 1.807) is 0 Å². The molecule has 0 spiro atoms. The number of aliphatic imine (C=N–C) groups is 1. The Kier molecular flexibility index (Phi) is 6.18. The van der Waals surface area contributed by atoms with Crippen molar-refractivity contribution in [2.45, 2.75) is 95.9 Å². The maximum Gasteiger partial charge on any atom is 0.191 e. The molecule has 2 saturated carbocycles. The lowest BCUT2D eigenvalue weighted by molar-refractivity contribution is -0.176. The van der Waals surface area contributed by atoms with Crippen LogP contribution in [0.2, 0.25) is 0 Å². The van der Waals surface area contributed by atoms with Gasteiger partial charge in [0.2, 0.25) is 0 Å². The van der Waals surface area contributed by atoms with Crippen LogP contribution in [0.4, 0.5) is 0 Å². The van der Waals surface area contributed by atoms with Crippen LogP contribution in [0, 0.1) is 5.41 Å². The molecule has 150 valence electrons. The second kappa shape index (κ2) is 8.05. The summed E-state index contributed by atoms with van der Waals surface area (Å²) in [4.78, 5) is 7.23. The molecule has 0 aromatic rings. The zero-order valence-corrected chi connectivity index (χ0v) is 17.6. The molecule has 0 bridgehead atoms.